The Hall–Kier alpha value is -2.21. The van der Waals surface area contributed by atoms with Crippen LogP contribution in [0.3, 0.4) is 0 Å². The fourth-order valence-electron chi connectivity index (χ4n) is 3.45. The lowest BCUT2D eigenvalue weighted by Crippen LogP contribution is -2.15. The molecule has 2 aromatic rings. The van der Waals surface area contributed by atoms with Gasteiger partial charge in [-0.3, -0.25) is 9.59 Å². The highest BCUT2D eigenvalue weighted by atomic mass is 32.2. The van der Waals surface area contributed by atoms with E-state index in [1.165, 1.54) is 43.9 Å². The number of carbonyl (C=O) groups is 2. The molecular weight excluding hydrogens is 362 g/mol. The molecule has 0 bridgehead atoms. The standard InChI is InChI=1S/C21H25NO4S/c1-14-12-26-18(11-19(23)24)20(14)21(25)22-16-7-5-6-15(10-16)13-27-17-8-3-2-4-9-17/h5-7,10,12,17H,2-4,8-9,11,13H2,1H3,(H,22,25)(H,23,24). The minimum absolute atomic E-state index is 0.182. The Kier molecular flexibility index (Phi) is 6.61. The number of hydrogen-bond acceptors (Lipinski definition) is 4. The Morgan fingerprint density at radius 2 is 2.04 bits per heavy atom. The van der Waals surface area contributed by atoms with Crippen molar-refractivity contribution < 1.29 is 19.1 Å². The minimum atomic E-state index is -1.03. The maximum Gasteiger partial charge on any atom is 0.311 e. The normalized spacial score (nSPS) is 14.9. The van der Waals surface area contributed by atoms with Gasteiger partial charge in [-0.05, 0) is 37.5 Å². The third-order valence-electron chi connectivity index (χ3n) is 4.81. The van der Waals surface area contributed by atoms with E-state index in [1.54, 1.807) is 6.92 Å². The highest BCUT2D eigenvalue weighted by Crippen LogP contribution is 2.31. The monoisotopic (exact) mass is 387 g/mol. The van der Waals surface area contributed by atoms with Crippen molar-refractivity contribution in [1.82, 2.24) is 0 Å². The van der Waals surface area contributed by atoms with Crippen LogP contribution in [0.15, 0.2) is 34.9 Å². The number of carbonyl (C=O) groups excluding carboxylic acids is 1. The molecule has 27 heavy (non-hydrogen) atoms. The first-order chi connectivity index (χ1) is 13.0. The fraction of sp³-hybridized carbons (Fsp3) is 0.429. The number of amides is 1. The lowest BCUT2D eigenvalue weighted by Gasteiger charge is -2.21. The van der Waals surface area contributed by atoms with Crippen molar-refractivity contribution in [3.63, 3.8) is 0 Å². The van der Waals surface area contributed by atoms with Crippen LogP contribution in [0.25, 0.3) is 0 Å². The molecule has 0 saturated heterocycles. The lowest BCUT2D eigenvalue weighted by molar-refractivity contribution is -0.136. The van der Waals surface area contributed by atoms with Crippen LogP contribution in [0.4, 0.5) is 5.69 Å². The molecule has 5 nitrogen and oxygen atoms in total. The zero-order valence-electron chi connectivity index (χ0n) is 15.5. The highest BCUT2D eigenvalue weighted by Gasteiger charge is 2.21. The Morgan fingerprint density at radius 3 is 2.78 bits per heavy atom. The van der Waals surface area contributed by atoms with Crippen LogP contribution >= 0.6 is 11.8 Å². The van der Waals surface area contributed by atoms with Gasteiger partial charge in [-0.2, -0.15) is 11.8 Å². The SMILES string of the molecule is Cc1coc(CC(=O)O)c1C(=O)Nc1cccc(CSC2CCCCC2)c1. The number of benzene rings is 1. The van der Waals surface area contributed by atoms with E-state index in [-0.39, 0.29) is 18.1 Å². The molecule has 0 unspecified atom stereocenters. The van der Waals surface area contributed by atoms with Gasteiger partial charge in [-0.1, -0.05) is 31.4 Å². The summed E-state index contributed by atoms with van der Waals surface area (Å²) in [6, 6.07) is 7.84. The molecule has 1 aromatic heterocycles. The summed E-state index contributed by atoms with van der Waals surface area (Å²) < 4.78 is 5.25. The number of thioether (sulfide) groups is 1. The Labute approximate surface area is 163 Å². The van der Waals surface area contributed by atoms with Gasteiger partial charge in [-0.15, -0.1) is 0 Å². The molecule has 1 aliphatic rings. The third kappa shape index (κ3) is 5.39. The molecule has 144 valence electrons. The van der Waals surface area contributed by atoms with E-state index in [2.05, 4.69) is 11.4 Å². The fourth-order valence-corrected chi connectivity index (χ4v) is 4.72. The lowest BCUT2D eigenvalue weighted by atomic mass is 10.0. The maximum absolute atomic E-state index is 12.6. The van der Waals surface area contributed by atoms with Gasteiger partial charge < -0.3 is 14.8 Å². The molecule has 0 aliphatic heterocycles. The summed E-state index contributed by atoms with van der Waals surface area (Å²) in [7, 11) is 0. The topological polar surface area (TPSA) is 79.5 Å². The first-order valence-corrected chi connectivity index (χ1v) is 10.4. The number of furan rings is 1. The first-order valence-electron chi connectivity index (χ1n) is 9.33. The van der Waals surface area contributed by atoms with Gasteiger partial charge in [0.15, 0.2) is 0 Å². The quantitative estimate of drug-likeness (QED) is 0.696. The van der Waals surface area contributed by atoms with E-state index in [4.69, 9.17) is 9.52 Å². The van der Waals surface area contributed by atoms with Crippen molar-refractivity contribution in [3.05, 3.63) is 53.0 Å². The van der Waals surface area contributed by atoms with Gasteiger partial charge in [0.25, 0.3) is 5.91 Å². The van der Waals surface area contributed by atoms with Crippen LogP contribution in [-0.4, -0.2) is 22.2 Å². The van der Waals surface area contributed by atoms with Gasteiger partial charge in [-0.25, -0.2) is 0 Å². The molecule has 6 heteroatoms. The summed E-state index contributed by atoms with van der Waals surface area (Å²) in [5, 5.41) is 12.6. The van der Waals surface area contributed by atoms with Gasteiger partial charge in [0.1, 0.15) is 12.2 Å². The van der Waals surface area contributed by atoms with E-state index in [9.17, 15) is 9.59 Å². The molecule has 1 fully saturated rings. The zero-order valence-corrected chi connectivity index (χ0v) is 16.3. The van der Waals surface area contributed by atoms with E-state index in [0.29, 0.717) is 16.8 Å². The molecular formula is C21H25NO4S. The summed E-state index contributed by atoms with van der Waals surface area (Å²) in [6.07, 6.45) is 7.72. The number of aliphatic carboxylic acids is 1. The van der Waals surface area contributed by atoms with Crippen molar-refractivity contribution in [1.29, 1.82) is 0 Å². The second-order valence-electron chi connectivity index (χ2n) is 7.01. The van der Waals surface area contributed by atoms with Crippen molar-refractivity contribution in [2.75, 3.05) is 5.32 Å². The summed E-state index contributed by atoms with van der Waals surface area (Å²) >= 11 is 1.99. The predicted octanol–water partition coefficient (Wildman–Crippen LogP) is 5.03. The summed E-state index contributed by atoms with van der Waals surface area (Å²) in [6.45, 7) is 1.74. The summed E-state index contributed by atoms with van der Waals surface area (Å²) in [5.74, 6) is -0.250. The number of anilines is 1. The molecule has 1 aliphatic carbocycles. The van der Waals surface area contributed by atoms with Gasteiger partial charge in [0.2, 0.25) is 0 Å². The second-order valence-corrected chi connectivity index (χ2v) is 8.30. The molecule has 2 N–H and O–H groups in total. The van der Waals surface area contributed by atoms with Crippen molar-refractivity contribution in [2.45, 2.75) is 56.5 Å². The third-order valence-corrected chi connectivity index (χ3v) is 6.26. The molecule has 0 atom stereocenters. The van der Waals surface area contributed by atoms with E-state index in [1.807, 2.05) is 30.0 Å². The van der Waals surface area contributed by atoms with Crippen LogP contribution in [-0.2, 0) is 17.0 Å². The largest absolute Gasteiger partial charge is 0.481 e. The van der Waals surface area contributed by atoms with Gasteiger partial charge in [0, 0.05) is 22.3 Å². The van der Waals surface area contributed by atoms with Crippen molar-refractivity contribution >= 4 is 29.3 Å². The highest BCUT2D eigenvalue weighted by molar-refractivity contribution is 7.99. The molecule has 0 spiro atoms. The minimum Gasteiger partial charge on any atom is -0.481 e. The molecule has 1 aromatic carbocycles. The smallest absolute Gasteiger partial charge is 0.311 e. The van der Waals surface area contributed by atoms with Crippen LogP contribution in [0.5, 0.6) is 0 Å². The molecule has 1 heterocycles. The molecule has 1 amide bonds. The number of aryl methyl sites for hydroxylation is 1. The summed E-state index contributed by atoms with van der Waals surface area (Å²) in [4.78, 5) is 23.6. The first kappa shape index (κ1) is 19.5. The number of rotatable bonds is 7. The zero-order chi connectivity index (χ0) is 19.2. The van der Waals surface area contributed by atoms with Gasteiger partial charge >= 0.3 is 5.97 Å². The average molecular weight is 388 g/mol. The number of hydrogen-bond donors (Lipinski definition) is 2. The van der Waals surface area contributed by atoms with E-state index < -0.39 is 5.97 Å². The summed E-state index contributed by atoms with van der Waals surface area (Å²) in [5.41, 5.74) is 2.83. The van der Waals surface area contributed by atoms with Crippen LogP contribution in [0.2, 0.25) is 0 Å². The number of carboxylic acids is 1. The Morgan fingerprint density at radius 1 is 1.26 bits per heavy atom. The van der Waals surface area contributed by atoms with Gasteiger partial charge in [0.05, 0.1) is 11.8 Å². The molecule has 1 saturated carbocycles. The molecule has 3 rings (SSSR count). The van der Waals surface area contributed by atoms with Crippen LogP contribution in [0, 0.1) is 6.92 Å². The van der Waals surface area contributed by atoms with Crippen LogP contribution < -0.4 is 5.32 Å². The van der Waals surface area contributed by atoms with E-state index in [0.717, 1.165) is 11.0 Å². The van der Waals surface area contributed by atoms with Crippen molar-refractivity contribution in [3.8, 4) is 0 Å². The van der Waals surface area contributed by atoms with Crippen molar-refractivity contribution in [2.24, 2.45) is 0 Å². The Bertz CT molecular complexity index is 808. The van der Waals surface area contributed by atoms with E-state index >= 15 is 0 Å². The Balaban J connectivity index is 1.64. The second kappa shape index (κ2) is 9.13. The average Bonchev–Trinajstić information content (AvgIpc) is 3.01. The predicted molar refractivity (Wildman–Crippen MR) is 107 cm³/mol. The number of carboxylic acid groups (broad SMARTS) is 1. The number of nitrogens with one attached hydrogen (secondary N) is 1. The molecule has 0 radical (unpaired) electrons. The maximum atomic E-state index is 12.6. The van der Waals surface area contributed by atoms with Crippen LogP contribution in [0.1, 0.15) is 59.3 Å².